The lowest BCUT2D eigenvalue weighted by Crippen LogP contribution is -2.36. The zero-order chi connectivity index (χ0) is 15.3. The highest BCUT2D eigenvalue weighted by molar-refractivity contribution is 5.92. The number of benzene rings is 1. The number of hydrogen-bond acceptors (Lipinski definition) is 2. The van der Waals surface area contributed by atoms with Crippen LogP contribution in [0.4, 0.5) is 18.9 Å². The molecular formula is C13H15F3N2O2. The van der Waals surface area contributed by atoms with E-state index < -0.39 is 12.1 Å². The molecule has 0 saturated carbocycles. The Morgan fingerprint density at radius 3 is 2.45 bits per heavy atom. The summed E-state index contributed by atoms with van der Waals surface area (Å²) in [6.07, 6.45) is -4.90. The summed E-state index contributed by atoms with van der Waals surface area (Å²) in [6, 6.07) is 6.28. The number of nitrogens with one attached hydrogen (secondary N) is 2. The second-order valence-electron chi connectivity index (χ2n) is 4.52. The van der Waals surface area contributed by atoms with E-state index in [4.69, 9.17) is 0 Å². The molecule has 2 N–H and O–H groups in total. The van der Waals surface area contributed by atoms with Crippen LogP contribution in [0.3, 0.4) is 0 Å². The molecule has 0 unspecified atom stereocenters. The number of halogens is 3. The van der Waals surface area contributed by atoms with E-state index in [1.807, 2.05) is 0 Å². The molecule has 0 bridgehead atoms. The van der Waals surface area contributed by atoms with Crippen LogP contribution in [-0.2, 0) is 16.1 Å². The number of anilines is 1. The van der Waals surface area contributed by atoms with Crippen LogP contribution in [0, 0.1) is 5.92 Å². The van der Waals surface area contributed by atoms with Crippen LogP contribution in [-0.4, -0.2) is 18.0 Å². The predicted octanol–water partition coefficient (Wildman–Crippen LogP) is 2.46. The molecular weight excluding hydrogens is 273 g/mol. The van der Waals surface area contributed by atoms with E-state index in [0.29, 0.717) is 11.3 Å². The number of carbonyl (C=O) groups is 2. The lowest BCUT2D eigenvalue weighted by Gasteiger charge is -2.11. The maximum atomic E-state index is 12.0. The molecule has 0 radical (unpaired) electrons. The molecule has 110 valence electrons. The quantitative estimate of drug-likeness (QED) is 0.894. The minimum Gasteiger partial charge on any atom is -0.344 e. The summed E-state index contributed by atoms with van der Waals surface area (Å²) in [7, 11) is 0. The summed E-state index contributed by atoms with van der Waals surface area (Å²) < 4.78 is 36.1. The lowest BCUT2D eigenvalue weighted by atomic mass is 10.1. The first-order valence-corrected chi connectivity index (χ1v) is 5.95. The van der Waals surface area contributed by atoms with E-state index in [1.165, 1.54) is 6.07 Å². The normalized spacial score (nSPS) is 11.3. The molecule has 1 aromatic rings. The van der Waals surface area contributed by atoms with Crippen LogP contribution in [0.15, 0.2) is 24.3 Å². The fourth-order valence-electron chi connectivity index (χ4n) is 1.33. The average Bonchev–Trinajstić information content (AvgIpc) is 2.35. The van der Waals surface area contributed by atoms with Crippen molar-refractivity contribution < 1.29 is 22.8 Å². The Kier molecular flexibility index (Phi) is 5.12. The van der Waals surface area contributed by atoms with Gasteiger partial charge in [0, 0.05) is 18.2 Å². The van der Waals surface area contributed by atoms with Crippen molar-refractivity contribution in [3.63, 3.8) is 0 Å². The first-order chi connectivity index (χ1) is 9.20. The summed E-state index contributed by atoms with van der Waals surface area (Å²) in [6.45, 7) is 3.19. The Bertz CT molecular complexity index is 499. The zero-order valence-corrected chi connectivity index (χ0v) is 11.0. The van der Waals surface area contributed by atoms with Crippen molar-refractivity contribution in [2.75, 3.05) is 5.32 Å². The fourth-order valence-corrected chi connectivity index (χ4v) is 1.33. The molecule has 4 nitrogen and oxygen atoms in total. The molecule has 0 aliphatic heterocycles. The second kappa shape index (κ2) is 6.40. The molecule has 0 aromatic heterocycles. The SMILES string of the molecule is CC(C)C(=O)Nc1cccc(CNC(=O)C(F)(F)F)c1. The van der Waals surface area contributed by atoms with E-state index in [2.05, 4.69) is 5.32 Å². The molecule has 0 saturated heterocycles. The molecule has 0 atom stereocenters. The second-order valence-corrected chi connectivity index (χ2v) is 4.52. The lowest BCUT2D eigenvalue weighted by molar-refractivity contribution is -0.173. The Morgan fingerprint density at radius 1 is 1.25 bits per heavy atom. The molecule has 7 heteroatoms. The maximum Gasteiger partial charge on any atom is 0.471 e. The third-order valence-corrected chi connectivity index (χ3v) is 2.43. The largest absolute Gasteiger partial charge is 0.471 e. The van der Waals surface area contributed by atoms with E-state index in [9.17, 15) is 22.8 Å². The number of alkyl halides is 3. The van der Waals surface area contributed by atoms with Gasteiger partial charge in [-0.1, -0.05) is 26.0 Å². The van der Waals surface area contributed by atoms with E-state index in [-0.39, 0.29) is 18.4 Å². The van der Waals surface area contributed by atoms with Crippen LogP contribution in [0.2, 0.25) is 0 Å². The molecule has 1 rings (SSSR count). The number of hydrogen-bond donors (Lipinski definition) is 2. The molecule has 20 heavy (non-hydrogen) atoms. The molecule has 0 heterocycles. The number of rotatable bonds is 4. The van der Waals surface area contributed by atoms with Crippen LogP contribution >= 0.6 is 0 Å². The minimum atomic E-state index is -4.90. The topological polar surface area (TPSA) is 58.2 Å². The Balaban J connectivity index is 2.65. The maximum absolute atomic E-state index is 12.0. The zero-order valence-electron chi connectivity index (χ0n) is 11.0. The highest BCUT2D eigenvalue weighted by Gasteiger charge is 2.38. The third-order valence-electron chi connectivity index (χ3n) is 2.43. The van der Waals surface area contributed by atoms with Crippen molar-refractivity contribution in [1.82, 2.24) is 5.32 Å². The van der Waals surface area contributed by atoms with Crippen molar-refractivity contribution in [3.8, 4) is 0 Å². The van der Waals surface area contributed by atoms with Crippen molar-refractivity contribution >= 4 is 17.5 Å². The number of carbonyl (C=O) groups excluding carboxylic acids is 2. The summed E-state index contributed by atoms with van der Waals surface area (Å²) >= 11 is 0. The summed E-state index contributed by atoms with van der Waals surface area (Å²) in [5, 5.41) is 4.39. The number of amides is 2. The standard InChI is InChI=1S/C13H15F3N2O2/c1-8(2)11(19)18-10-5-3-4-9(6-10)7-17-12(20)13(14,15)16/h3-6,8H,7H2,1-2H3,(H,17,20)(H,18,19). The van der Waals surface area contributed by atoms with Crippen LogP contribution in [0.5, 0.6) is 0 Å². The van der Waals surface area contributed by atoms with Gasteiger partial charge in [-0.25, -0.2) is 0 Å². The summed E-state index contributed by atoms with van der Waals surface area (Å²) in [5.41, 5.74) is 0.937. The van der Waals surface area contributed by atoms with E-state index >= 15 is 0 Å². The van der Waals surface area contributed by atoms with Gasteiger partial charge in [0.2, 0.25) is 5.91 Å². The van der Waals surface area contributed by atoms with Gasteiger partial charge in [0.25, 0.3) is 0 Å². The van der Waals surface area contributed by atoms with Gasteiger partial charge in [-0.3, -0.25) is 9.59 Å². The highest BCUT2D eigenvalue weighted by atomic mass is 19.4. The Morgan fingerprint density at radius 2 is 1.90 bits per heavy atom. The molecule has 0 fully saturated rings. The van der Waals surface area contributed by atoms with Crippen molar-refractivity contribution in [1.29, 1.82) is 0 Å². The van der Waals surface area contributed by atoms with Crippen molar-refractivity contribution in [3.05, 3.63) is 29.8 Å². The Hall–Kier alpha value is -2.05. The van der Waals surface area contributed by atoms with Gasteiger partial charge in [0.15, 0.2) is 0 Å². The highest BCUT2D eigenvalue weighted by Crippen LogP contribution is 2.15. The molecule has 0 aliphatic carbocycles. The molecule has 0 spiro atoms. The molecule has 1 aromatic carbocycles. The summed E-state index contributed by atoms with van der Waals surface area (Å²) in [5.74, 6) is -2.39. The van der Waals surface area contributed by atoms with E-state index in [1.54, 1.807) is 37.4 Å². The van der Waals surface area contributed by atoms with Gasteiger partial charge in [0.1, 0.15) is 0 Å². The smallest absolute Gasteiger partial charge is 0.344 e. The fraction of sp³-hybridized carbons (Fsp3) is 0.385. The van der Waals surface area contributed by atoms with Crippen LogP contribution in [0.25, 0.3) is 0 Å². The van der Waals surface area contributed by atoms with Gasteiger partial charge in [-0.15, -0.1) is 0 Å². The van der Waals surface area contributed by atoms with Gasteiger partial charge in [-0.2, -0.15) is 13.2 Å². The van der Waals surface area contributed by atoms with E-state index in [0.717, 1.165) is 0 Å². The van der Waals surface area contributed by atoms with Crippen molar-refractivity contribution in [2.45, 2.75) is 26.6 Å². The van der Waals surface area contributed by atoms with Crippen molar-refractivity contribution in [2.24, 2.45) is 5.92 Å². The Labute approximate surface area is 114 Å². The van der Waals surface area contributed by atoms with Crippen LogP contribution < -0.4 is 10.6 Å². The van der Waals surface area contributed by atoms with Gasteiger partial charge >= 0.3 is 12.1 Å². The minimum absolute atomic E-state index is 0.193. The predicted molar refractivity (Wildman–Crippen MR) is 67.8 cm³/mol. The monoisotopic (exact) mass is 288 g/mol. The van der Waals surface area contributed by atoms with Gasteiger partial charge in [-0.05, 0) is 17.7 Å². The average molecular weight is 288 g/mol. The van der Waals surface area contributed by atoms with Gasteiger partial charge in [0.05, 0.1) is 0 Å². The first kappa shape index (κ1) is 16.0. The summed E-state index contributed by atoms with van der Waals surface area (Å²) in [4.78, 5) is 22.2. The molecule has 2 amide bonds. The van der Waals surface area contributed by atoms with Crippen LogP contribution in [0.1, 0.15) is 19.4 Å². The van der Waals surface area contributed by atoms with Gasteiger partial charge < -0.3 is 10.6 Å². The molecule has 0 aliphatic rings. The first-order valence-electron chi connectivity index (χ1n) is 5.95. The third kappa shape index (κ3) is 4.91.